The lowest BCUT2D eigenvalue weighted by Gasteiger charge is -2.16. The summed E-state index contributed by atoms with van der Waals surface area (Å²) in [4.78, 5) is 0. The first-order chi connectivity index (χ1) is 7.45. The first-order valence-electron chi connectivity index (χ1n) is 4.26. The second-order valence-corrected chi connectivity index (χ2v) is 2.95. The van der Waals surface area contributed by atoms with E-state index in [2.05, 4.69) is 4.74 Å². The van der Waals surface area contributed by atoms with Gasteiger partial charge in [-0.15, -0.1) is 0 Å². The van der Waals surface area contributed by atoms with Crippen LogP contribution in [0.1, 0.15) is 5.56 Å². The molecule has 86 valence electrons. The first kappa shape index (κ1) is 12.3. The fourth-order valence-electron chi connectivity index (χ4n) is 1.01. The van der Waals surface area contributed by atoms with Gasteiger partial charge in [0.05, 0.1) is 12.5 Å². The molecule has 0 saturated carbocycles. The van der Waals surface area contributed by atoms with E-state index < -0.39 is 18.3 Å². The molecule has 0 aliphatic heterocycles. The van der Waals surface area contributed by atoms with E-state index in [0.717, 1.165) is 12.1 Å². The van der Waals surface area contributed by atoms with Gasteiger partial charge in [-0.1, -0.05) is 12.1 Å². The van der Waals surface area contributed by atoms with Crippen molar-refractivity contribution in [3.63, 3.8) is 0 Å². The molecule has 0 aliphatic carbocycles. The van der Waals surface area contributed by atoms with Crippen LogP contribution in [0.2, 0.25) is 0 Å². The summed E-state index contributed by atoms with van der Waals surface area (Å²) in [6.07, 6.45) is -8.42. The minimum atomic E-state index is -4.52. The van der Waals surface area contributed by atoms with Crippen LogP contribution in [0, 0.1) is 11.3 Å². The Morgan fingerprint density at radius 1 is 1.38 bits per heavy atom. The molecule has 0 N–H and O–H groups in total. The second-order valence-electron chi connectivity index (χ2n) is 2.95. The van der Waals surface area contributed by atoms with Gasteiger partial charge in [-0.05, 0) is 17.7 Å². The van der Waals surface area contributed by atoms with Crippen molar-refractivity contribution < 1.29 is 22.3 Å². The zero-order valence-corrected chi connectivity index (χ0v) is 7.96. The smallest absolute Gasteiger partial charge is 0.428 e. The van der Waals surface area contributed by atoms with Crippen molar-refractivity contribution in [2.45, 2.75) is 19.0 Å². The molecule has 6 heteroatoms. The van der Waals surface area contributed by atoms with Crippen LogP contribution in [-0.4, -0.2) is 12.5 Å². The molecule has 0 amide bonds. The van der Waals surface area contributed by atoms with Gasteiger partial charge < -0.3 is 4.74 Å². The quantitative estimate of drug-likeness (QED) is 0.749. The van der Waals surface area contributed by atoms with Gasteiger partial charge in [-0.2, -0.15) is 22.8 Å². The van der Waals surface area contributed by atoms with Gasteiger partial charge in [0, 0.05) is 0 Å². The third-order valence-corrected chi connectivity index (χ3v) is 1.69. The maximum Gasteiger partial charge on any atom is 0.461 e. The van der Waals surface area contributed by atoms with Crippen LogP contribution in [0.4, 0.5) is 17.6 Å². The normalized spacial score (nSPS) is 11.2. The highest BCUT2D eigenvalue weighted by Crippen LogP contribution is 2.27. The van der Waals surface area contributed by atoms with E-state index in [0.29, 0.717) is 5.56 Å². The zero-order chi connectivity index (χ0) is 12.2. The van der Waals surface area contributed by atoms with Gasteiger partial charge in [0.1, 0.15) is 5.75 Å². The number of alkyl halides is 4. The summed E-state index contributed by atoms with van der Waals surface area (Å²) in [6, 6.07) is 6.91. The maximum absolute atomic E-state index is 12.5. The topological polar surface area (TPSA) is 33.0 Å². The van der Waals surface area contributed by atoms with Gasteiger partial charge in [0.25, 0.3) is 0 Å². The molecule has 16 heavy (non-hydrogen) atoms. The van der Waals surface area contributed by atoms with Crippen molar-refractivity contribution in [2.24, 2.45) is 0 Å². The Hall–Kier alpha value is -1.77. The molecule has 0 heterocycles. The number of nitriles is 1. The standard InChI is InChI=1S/C10H7F4NO/c11-9(12)10(13,14)16-8-3-1-2-7(6-8)4-5-15/h1-3,6,9H,4H2. The summed E-state index contributed by atoms with van der Waals surface area (Å²) < 4.78 is 52.5. The molecule has 0 radical (unpaired) electrons. The van der Waals surface area contributed by atoms with Crippen LogP contribution in [0.3, 0.4) is 0 Å². The number of rotatable bonds is 4. The number of hydrogen-bond acceptors (Lipinski definition) is 2. The minimum absolute atomic E-state index is 0.00253. The fourth-order valence-corrected chi connectivity index (χ4v) is 1.01. The van der Waals surface area contributed by atoms with Crippen LogP contribution >= 0.6 is 0 Å². The number of halogens is 4. The lowest BCUT2D eigenvalue weighted by molar-refractivity contribution is -0.253. The monoisotopic (exact) mass is 233 g/mol. The van der Waals surface area contributed by atoms with E-state index in [1.54, 1.807) is 6.07 Å². The minimum Gasteiger partial charge on any atom is -0.428 e. The highest BCUT2D eigenvalue weighted by Gasteiger charge is 2.43. The van der Waals surface area contributed by atoms with Gasteiger partial charge in [-0.3, -0.25) is 0 Å². The molecule has 1 aromatic carbocycles. The molecule has 0 bridgehead atoms. The molecule has 1 rings (SSSR count). The summed E-state index contributed by atoms with van der Waals surface area (Å²) in [6.45, 7) is 0. The van der Waals surface area contributed by atoms with Gasteiger partial charge in [0.2, 0.25) is 0 Å². The summed E-state index contributed by atoms with van der Waals surface area (Å²) >= 11 is 0. The van der Waals surface area contributed by atoms with E-state index in [1.807, 2.05) is 0 Å². The Morgan fingerprint density at radius 2 is 2.06 bits per heavy atom. The number of benzene rings is 1. The summed E-state index contributed by atoms with van der Waals surface area (Å²) in [7, 11) is 0. The molecular formula is C10H7F4NO. The van der Waals surface area contributed by atoms with Crippen molar-refractivity contribution in [3.05, 3.63) is 29.8 Å². The maximum atomic E-state index is 12.5. The highest BCUT2D eigenvalue weighted by atomic mass is 19.3. The molecule has 0 spiro atoms. The molecule has 1 aromatic rings. The van der Waals surface area contributed by atoms with Crippen molar-refractivity contribution in [3.8, 4) is 11.8 Å². The van der Waals surface area contributed by atoms with E-state index in [4.69, 9.17) is 5.26 Å². The van der Waals surface area contributed by atoms with Crippen molar-refractivity contribution in [1.82, 2.24) is 0 Å². The molecule has 0 aliphatic rings. The van der Waals surface area contributed by atoms with Crippen molar-refractivity contribution in [2.75, 3.05) is 0 Å². The van der Waals surface area contributed by atoms with Gasteiger partial charge in [-0.25, -0.2) is 0 Å². The van der Waals surface area contributed by atoms with Crippen molar-refractivity contribution in [1.29, 1.82) is 5.26 Å². The highest BCUT2D eigenvalue weighted by molar-refractivity contribution is 5.30. The zero-order valence-electron chi connectivity index (χ0n) is 7.96. The first-order valence-corrected chi connectivity index (χ1v) is 4.26. The van der Waals surface area contributed by atoms with Gasteiger partial charge in [0.15, 0.2) is 0 Å². The number of ether oxygens (including phenoxy) is 1. The predicted molar refractivity (Wildman–Crippen MR) is 47.3 cm³/mol. The van der Waals surface area contributed by atoms with Crippen LogP contribution in [-0.2, 0) is 6.42 Å². The summed E-state index contributed by atoms with van der Waals surface area (Å²) in [5.74, 6) is -0.391. The van der Waals surface area contributed by atoms with Crippen LogP contribution in [0.15, 0.2) is 24.3 Å². The molecule has 0 atom stereocenters. The number of hydrogen-bond donors (Lipinski definition) is 0. The van der Waals surface area contributed by atoms with Gasteiger partial charge >= 0.3 is 12.5 Å². The van der Waals surface area contributed by atoms with E-state index in [9.17, 15) is 17.6 Å². The SMILES string of the molecule is N#CCc1cccc(OC(F)(F)C(F)F)c1. The Kier molecular flexibility index (Phi) is 3.72. The van der Waals surface area contributed by atoms with E-state index >= 15 is 0 Å². The molecule has 0 saturated heterocycles. The van der Waals surface area contributed by atoms with Crippen molar-refractivity contribution >= 4 is 0 Å². The molecule has 0 unspecified atom stereocenters. The second kappa shape index (κ2) is 4.84. The predicted octanol–water partition coefficient (Wildman–Crippen LogP) is 2.99. The Balaban J connectivity index is 2.82. The lowest BCUT2D eigenvalue weighted by atomic mass is 10.1. The third-order valence-electron chi connectivity index (χ3n) is 1.69. The summed E-state index contributed by atoms with van der Waals surface area (Å²) in [5.41, 5.74) is 0.421. The average molecular weight is 233 g/mol. The van der Waals surface area contributed by atoms with Crippen LogP contribution in [0.25, 0.3) is 0 Å². The average Bonchev–Trinajstić information content (AvgIpc) is 2.17. The van der Waals surface area contributed by atoms with Crippen LogP contribution in [0.5, 0.6) is 5.75 Å². The van der Waals surface area contributed by atoms with E-state index in [1.165, 1.54) is 12.1 Å². The Labute approximate surface area is 89.1 Å². The van der Waals surface area contributed by atoms with Crippen LogP contribution < -0.4 is 4.74 Å². The van der Waals surface area contributed by atoms with E-state index in [-0.39, 0.29) is 6.42 Å². The molecule has 0 fully saturated rings. The largest absolute Gasteiger partial charge is 0.461 e. The molecule has 0 aromatic heterocycles. The Morgan fingerprint density at radius 3 is 2.62 bits per heavy atom. The Bertz CT molecular complexity index is 400. The number of nitrogens with zero attached hydrogens (tertiary/aromatic N) is 1. The molecule has 2 nitrogen and oxygen atoms in total. The third kappa shape index (κ3) is 3.12. The lowest BCUT2D eigenvalue weighted by Crippen LogP contribution is -2.33. The summed E-state index contributed by atoms with van der Waals surface area (Å²) in [5, 5.41) is 8.37. The molecular weight excluding hydrogens is 226 g/mol. The fraction of sp³-hybridized carbons (Fsp3) is 0.300.